The quantitative estimate of drug-likeness (QED) is 0.720. The van der Waals surface area contributed by atoms with Gasteiger partial charge in [-0.1, -0.05) is 27.5 Å². The zero-order valence-electron chi connectivity index (χ0n) is 11.0. The van der Waals surface area contributed by atoms with Gasteiger partial charge in [-0.15, -0.1) is 0 Å². The normalized spacial score (nSPS) is 11.2. The maximum Gasteiger partial charge on any atom is 0.0988 e. The van der Waals surface area contributed by atoms with Gasteiger partial charge in [-0.05, 0) is 32.0 Å². The summed E-state index contributed by atoms with van der Waals surface area (Å²) >= 11 is 9.71. The second-order valence-corrected chi connectivity index (χ2v) is 5.91. The molecular weight excluding hydrogens is 340 g/mol. The molecule has 3 aromatic rings. The number of rotatable bonds is 1. The molecule has 2 N–H and O–H groups in total. The van der Waals surface area contributed by atoms with Crippen LogP contribution in [0.15, 0.2) is 28.9 Å². The van der Waals surface area contributed by atoms with Gasteiger partial charge in [0.2, 0.25) is 0 Å². The highest BCUT2D eigenvalue weighted by Crippen LogP contribution is 2.31. The summed E-state index contributed by atoms with van der Waals surface area (Å²) in [5.74, 6) is 0. The summed E-state index contributed by atoms with van der Waals surface area (Å²) < 4.78 is 2.75. The smallest absolute Gasteiger partial charge is 0.0988 e. The average Bonchev–Trinajstić information content (AvgIpc) is 2.66. The van der Waals surface area contributed by atoms with E-state index in [2.05, 4.69) is 26.0 Å². The Balaban J connectivity index is 2.43. The summed E-state index contributed by atoms with van der Waals surface area (Å²) in [6, 6.07) is 5.87. The molecule has 20 heavy (non-hydrogen) atoms. The van der Waals surface area contributed by atoms with Crippen LogP contribution in [0.3, 0.4) is 0 Å². The monoisotopic (exact) mass is 350 g/mol. The molecule has 102 valence electrons. The van der Waals surface area contributed by atoms with E-state index in [0.29, 0.717) is 10.7 Å². The zero-order valence-corrected chi connectivity index (χ0v) is 13.3. The Morgan fingerprint density at radius 1 is 1.30 bits per heavy atom. The van der Waals surface area contributed by atoms with Crippen molar-refractivity contribution in [1.82, 2.24) is 14.8 Å². The molecule has 0 fully saturated rings. The summed E-state index contributed by atoms with van der Waals surface area (Å²) in [5.41, 5.74) is 10.00. The number of hydrogen-bond donors (Lipinski definition) is 1. The topological polar surface area (TPSA) is 56.7 Å². The molecule has 0 aliphatic heterocycles. The van der Waals surface area contributed by atoms with Gasteiger partial charge in [-0.25, -0.2) is 4.68 Å². The number of fused-ring (bicyclic) bond motifs is 1. The molecule has 0 spiro atoms. The van der Waals surface area contributed by atoms with E-state index in [4.69, 9.17) is 17.3 Å². The molecule has 1 aromatic carbocycles. The minimum absolute atomic E-state index is 0.567. The molecule has 4 nitrogen and oxygen atoms in total. The van der Waals surface area contributed by atoms with Gasteiger partial charge in [-0.2, -0.15) is 5.10 Å². The lowest BCUT2D eigenvalue weighted by Crippen LogP contribution is -2.05. The fourth-order valence-corrected chi connectivity index (χ4v) is 2.72. The van der Waals surface area contributed by atoms with Gasteiger partial charge in [0, 0.05) is 9.86 Å². The number of benzene rings is 1. The highest BCUT2D eigenvalue weighted by atomic mass is 79.9. The van der Waals surface area contributed by atoms with Crippen LogP contribution in [0.5, 0.6) is 0 Å². The number of aromatic nitrogens is 3. The van der Waals surface area contributed by atoms with Crippen LogP contribution in [-0.4, -0.2) is 14.8 Å². The predicted octanol–water partition coefficient (Wildman–Crippen LogP) is 4.04. The van der Waals surface area contributed by atoms with E-state index >= 15 is 0 Å². The van der Waals surface area contributed by atoms with E-state index < -0.39 is 0 Å². The van der Waals surface area contributed by atoms with Gasteiger partial charge in [0.25, 0.3) is 0 Å². The van der Waals surface area contributed by atoms with Gasteiger partial charge in [0.05, 0.1) is 39.5 Å². The van der Waals surface area contributed by atoms with Crippen molar-refractivity contribution in [2.75, 3.05) is 5.73 Å². The van der Waals surface area contributed by atoms with Gasteiger partial charge in [0.15, 0.2) is 0 Å². The van der Waals surface area contributed by atoms with Crippen LogP contribution in [0.1, 0.15) is 11.4 Å². The van der Waals surface area contributed by atoms with Crippen molar-refractivity contribution in [3.63, 3.8) is 0 Å². The Labute approximate surface area is 129 Å². The number of nitrogens with zero attached hydrogens (tertiary/aromatic N) is 3. The second kappa shape index (κ2) is 4.75. The highest BCUT2D eigenvalue weighted by molar-refractivity contribution is 9.10. The first-order valence-corrected chi connectivity index (χ1v) is 7.22. The van der Waals surface area contributed by atoms with Crippen LogP contribution in [0.25, 0.3) is 16.6 Å². The van der Waals surface area contributed by atoms with Crippen LogP contribution in [0, 0.1) is 13.8 Å². The van der Waals surface area contributed by atoms with Gasteiger partial charge >= 0.3 is 0 Å². The van der Waals surface area contributed by atoms with Crippen molar-refractivity contribution in [2.24, 2.45) is 0 Å². The van der Waals surface area contributed by atoms with E-state index in [-0.39, 0.29) is 0 Å². The minimum Gasteiger partial charge on any atom is -0.396 e. The van der Waals surface area contributed by atoms with Crippen molar-refractivity contribution in [3.8, 4) is 5.69 Å². The maximum atomic E-state index is 6.23. The minimum atomic E-state index is 0.567. The fraction of sp³-hybridized carbons (Fsp3) is 0.143. The first kappa shape index (κ1) is 13.4. The largest absolute Gasteiger partial charge is 0.396 e. The van der Waals surface area contributed by atoms with Gasteiger partial charge in [0.1, 0.15) is 0 Å². The third-order valence-electron chi connectivity index (χ3n) is 3.24. The van der Waals surface area contributed by atoms with Crippen LogP contribution in [-0.2, 0) is 0 Å². The number of pyridine rings is 1. The maximum absolute atomic E-state index is 6.23. The van der Waals surface area contributed by atoms with Gasteiger partial charge < -0.3 is 5.73 Å². The lowest BCUT2D eigenvalue weighted by atomic mass is 10.1. The number of halogens is 2. The van der Waals surface area contributed by atoms with E-state index in [1.54, 1.807) is 10.9 Å². The van der Waals surface area contributed by atoms with E-state index in [1.165, 1.54) is 0 Å². The number of nitrogens with two attached hydrogens (primary N) is 1. The molecule has 3 rings (SSSR count). The van der Waals surface area contributed by atoms with Crippen LogP contribution in [0.4, 0.5) is 5.69 Å². The van der Waals surface area contributed by atoms with Crippen molar-refractivity contribution in [2.45, 2.75) is 13.8 Å². The third kappa shape index (κ3) is 1.98. The Morgan fingerprint density at radius 2 is 2.05 bits per heavy atom. The molecule has 0 aliphatic rings. The summed E-state index contributed by atoms with van der Waals surface area (Å²) in [6.07, 6.45) is 1.65. The third-order valence-corrected chi connectivity index (χ3v) is 4.28. The summed E-state index contributed by atoms with van der Waals surface area (Å²) in [4.78, 5) is 4.35. The summed E-state index contributed by atoms with van der Waals surface area (Å²) in [6.45, 7) is 3.80. The highest BCUT2D eigenvalue weighted by Gasteiger charge is 2.16. The lowest BCUT2D eigenvalue weighted by molar-refractivity contribution is 0.840. The Bertz CT molecular complexity index is 820. The predicted molar refractivity (Wildman–Crippen MR) is 85.5 cm³/mol. The molecule has 0 aliphatic carbocycles. The van der Waals surface area contributed by atoms with Crippen LogP contribution < -0.4 is 5.73 Å². The number of nitrogen functional groups attached to an aromatic ring is 1. The standard InChI is InChI=1S/C14H12BrClN4/c1-7-13(16)8(2)20(19-7)14-10-5-9(15)3-4-12(10)18-6-11(14)17/h3-6H,17H2,1-2H3. The molecule has 0 unspecified atom stereocenters. The molecule has 0 bridgehead atoms. The Morgan fingerprint density at radius 3 is 2.70 bits per heavy atom. The second-order valence-electron chi connectivity index (χ2n) is 4.62. The van der Waals surface area contributed by atoms with Crippen LogP contribution >= 0.6 is 27.5 Å². The van der Waals surface area contributed by atoms with Crippen molar-refractivity contribution >= 4 is 44.1 Å². The van der Waals surface area contributed by atoms with E-state index in [1.807, 2.05) is 32.0 Å². The molecule has 0 radical (unpaired) electrons. The molecule has 0 saturated carbocycles. The molecule has 2 heterocycles. The molecule has 6 heteroatoms. The Hall–Kier alpha value is -1.59. The van der Waals surface area contributed by atoms with E-state index in [0.717, 1.165) is 32.5 Å². The Kier molecular flexibility index (Phi) is 3.18. The number of aryl methyl sites for hydroxylation is 1. The summed E-state index contributed by atoms with van der Waals surface area (Å²) in [7, 11) is 0. The van der Waals surface area contributed by atoms with Crippen LogP contribution in [0.2, 0.25) is 5.02 Å². The zero-order chi connectivity index (χ0) is 14.4. The SMILES string of the molecule is Cc1nn(-c2c(N)cnc3ccc(Br)cc23)c(C)c1Cl. The molecule has 0 atom stereocenters. The molecule has 0 amide bonds. The molecular formula is C14H12BrClN4. The lowest BCUT2D eigenvalue weighted by Gasteiger charge is -2.11. The average molecular weight is 352 g/mol. The first-order chi connectivity index (χ1) is 9.49. The molecule has 0 saturated heterocycles. The summed E-state index contributed by atoms with van der Waals surface area (Å²) in [5, 5.41) is 6.07. The molecule has 2 aromatic heterocycles. The van der Waals surface area contributed by atoms with E-state index in [9.17, 15) is 0 Å². The van der Waals surface area contributed by atoms with Crippen molar-refractivity contribution in [1.29, 1.82) is 0 Å². The van der Waals surface area contributed by atoms with Crippen molar-refractivity contribution < 1.29 is 0 Å². The number of hydrogen-bond acceptors (Lipinski definition) is 3. The van der Waals surface area contributed by atoms with Gasteiger partial charge in [-0.3, -0.25) is 4.98 Å². The van der Waals surface area contributed by atoms with Crippen molar-refractivity contribution in [3.05, 3.63) is 45.3 Å². The first-order valence-electron chi connectivity index (χ1n) is 6.05. The fourth-order valence-electron chi connectivity index (χ4n) is 2.24. The number of anilines is 1.